The number of nitrogens with one attached hydrogen (secondary N) is 2. The highest BCUT2D eigenvalue weighted by molar-refractivity contribution is 5.93. The van der Waals surface area contributed by atoms with Crippen molar-refractivity contribution in [3.05, 3.63) is 47.7 Å². The summed E-state index contributed by atoms with van der Waals surface area (Å²) in [5.74, 6) is 0.885. The molecule has 1 aliphatic carbocycles. The number of para-hydroxylation sites is 1. The molecule has 2 aromatic rings. The van der Waals surface area contributed by atoms with Crippen molar-refractivity contribution in [2.24, 2.45) is 5.92 Å². The number of aryl methyl sites for hydroxylation is 2. The van der Waals surface area contributed by atoms with Gasteiger partial charge in [-0.15, -0.1) is 0 Å². The Kier molecular flexibility index (Phi) is 3.60. The zero-order valence-electron chi connectivity index (χ0n) is 12.3. The van der Waals surface area contributed by atoms with E-state index in [1.807, 2.05) is 18.2 Å². The number of carbonyl (C=O) groups excluding carboxylic acids is 1. The van der Waals surface area contributed by atoms with Crippen LogP contribution in [-0.2, 0) is 4.79 Å². The Bertz CT molecular complexity index is 640. The Hall–Kier alpha value is -2.36. The Morgan fingerprint density at radius 1 is 1.14 bits per heavy atom. The van der Waals surface area contributed by atoms with Gasteiger partial charge in [-0.05, 0) is 49.9 Å². The Morgan fingerprint density at radius 3 is 2.43 bits per heavy atom. The number of amides is 1. The second-order valence-corrected chi connectivity index (χ2v) is 5.59. The van der Waals surface area contributed by atoms with Gasteiger partial charge >= 0.3 is 0 Å². The summed E-state index contributed by atoms with van der Waals surface area (Å²) in [6.07, 6.45) is 3.74. The third-order valence-corrected chi connectivity index (χ3v) is 3.71. The van der Waals surface area contributed by atoms with Crippen molar-refractivity contribution in [2.75, 3.05) is 10.6 Å². The van der Waals surface area contributed by atoms with Crippen LogP contribution in [0, 0.1) is 19.8 Å². The minimum absolute atomic E-state index is 0.0814. The number of rotatable bonds is 4. The predicted octanol–water partition coefficient (Wildman–Crippen LogP) is 3.79. The molecule has 0 saturated heterocycles. The lowest BCUT2D eigenvalue weighted by Crippen LogP contribution is -2.14. The van der Waals surface area contributed by atoms with E-state index in [9.17, 15) is 4.79 Å². The first-order valence-corrected chi connectivity index (χ1v) is 7.23. The predicted molar refractivity (Wildman–Crippen MR) is 84.8 cm³/mol. The molecule has 4 heteroatoms. The van der Waals surface area contributed by atoms with Crippen molar-refractivity contribution in [3.63, 3.8) is 0 Å². The number of hydrogen-bond donors (Lipinski definition) is 2. The van der Waals surface area contributed by atoms with Crippen LogP contribution in [0.15, 0.2) is 36.5 Å². The standard InChI is InChI=1S/C17H19N3O/c1-11-4-3-5-12(2)16(11)19-14-8-9-15(18-10-14)20-17(21)13-6-7-13/h3-5,8-10,13,19H,6-7H2,1-2H3,(H,18,20,21). The van der Waals surface area contributed by atoms with Gasteiger partial charge < -0.3 is 10.6 Å². The maximum Gasteiger partial charge on any atom is 0.228 e. The maximum atomic E-state index is 11.7. The van der Waals surface area contributed by atoms with Crippen molar-refractivity contribution in [1.82, 2.24) is 4.98 Å². The van der Waals surface area contributed by atoms with E-state index >= 15 is 0 Å². The quantitative estimate of drug-likeness (QED) is 0.896. The van der Waals surface area contributed by atoms with Crippen LogP contribution in [0.4, 0.5) is 17.2 Å². The largest absolute Gasteiger partial charge is 0.354 e. The highest BCUT2D eigenvalue weighted by atomic mass is 16.2. The summed E-state index contributed by atoms with van der Waals surface area (Å²) in [6.45, 7) is 4.15. The van der Waals surface area contributed by atoms with Crippen LogP contribution in [0.3, 0.4) is 0 Å². The Morgan fingerprint density at radius 2 is 1.86 bits per heavy atom. The zero-order chi connectivity index (χ0) is 14.8. The molecular weight excluding hydrogens is 262 g/mol. The van der Waals surface area contributed by atoms with Gasteiger partial charge in [-0.2, -0.15) is 0 Å². The highest BCUT2D eigenvalue weighted by Crippen LogP contribution is 2.30. The van der Waals surface area contributed by atoms with Gasteiger partial charge in [0, 0.05) is 11.6 Å². The van der Waals surface area contributed by atoms with Crippen LogP contribution in [0.2, 0.25) is 0 Å². The maximum absolute atomic E-state index is 11.7. The fourth-order valence-corrected chi connectivity index (χ4v) is 2.27. The molecule has 21 heavy (non-hydrogen) atoms. The fourth-order valence-electron chi connectivity index (χ4n) is 2.27. The molecule has 1 aliphatic rings. The molecule has 3 rings (SSSR count). The van der Waals surface area contributed by atoms with Gasteiger partial charge in [0.05, 0.1) is 11.9 Å². The Balaban J connectivity index is 1.70. The third-order valence-electron chi connectivity index (χ3n) is 3.71. The van der Waals surface area contributed by atoms with Gasteiger partial charge in [0.1, 0.15) is 5.82 Å². The van der Waals surface area contributed by atoms with E-state index < -0.39 is 0 Å². The third kappa shape index (κ3) is 3.21. The van der Waals surface area contributed by atoms with E-state index in [-0.39, 0.29) is 11.8 Å². The summed E-state index contributed by atoms with van der Waals surface area (Å²) in [4.78, 5) is 16.0. The van der Waals surface area contributed by atoms with Gasteiger partial charge in [0.25, 0.3) is 0 Å². The lowest BCUT2D eigenvalue weighted by Gasteiger charge is -2.12. The molecule has 2 N–H and O–H groups in total. The summed E-state index contributed by atoms with van der Waals surface area (Å²) in [6, 6.07) is 9.96. The SMILES string of the molecule is Cc1cccc(C)c1Nc1ccc(NC(=O)C2CC2)nc1. The molecule has 1 aromatic carbocycles. The number of benzene rings is 1. The van der Waals surface area contributed by atoms with Gasteiger partial charge in [-0.25, -0.2) is 4.98 Å². The number of nitrogens with zero attached hydrogens (tertiary/aromatic N) is 1. The van der Waals surface area contributed by atoms with Crippen molar-refractivity contribution < 1.29 is 4.79 Å². The van der Waals surface area contributed by atoms with Crippen LogP contribution in [0.25, 0.3) is 0 Å². The van der Waals surface area contributed by atoms with Gasteiger partial charge in [-0.3, -0.25) is 4.79 Å². The van der Waals surface area contributed by atoms with E-state index in [0.717, 1.165) is 24.2 Å². The molecule has 0 aliphatic heterocycles. The summed E-state index contributed by atoms with van der Waals surface area (Å²) < 4.78 is 0. The van der Waals surface area contributed by atoms with E-state index in [1.165, 1.54) is 11.1 Å². The molecular formula is C17H19N3O. The zero-order valence-corrected chi connectivity index (χ0v) is 12.3. The molecule has 1 aromatic heterocycles. The molecule has 0 spiro atoms. The van der Waals surface area contributed by atoms with Crippen LogP contribution in [-0.4, -0.2) is 10.9 Å². The lowest BCUT2D eigenvalue weighted by atomic mass is 10.1. The molecule has 4 nitrogen and oxygen atoms in total. The monoisotopic (exact) mass is 281 g/mol. The molecule has 108 valence electrons. The lowest BCUT2D eigenvalue weighted by molar-refractivity contribution is -0.117. The second kappa shape index (κ2) is 5.56. The van der Waals surface area contributed by atoms with Gasteiger partial charge in [-0.1, -0.05) is 18.2 Å². The average molecular weight is 281 g/mol. The summed E-state index contributed by atoms with van der Waals surface area (Å²) in [5, 5.41) is 6.22. The van der Waals surface area contributed by atoms with Crippen molar-refractivity contribution in [2.45, 2.75) is 26.7 Å². The first-order chi connectivity index (χ1) is 10.1. The topological polar surface area (TPSA) is 54.0 Å². The summed E-state index contributed by atoms with van der Waals surface area (Å²) >= 11 is 0. The first-order valence-electron chi connectivity index (χ1n) is 7.23. The fraction of sp³-hybridized carbons (Fsp3) is 0.294. The smallest absolute Gasteiger partial charge is 0.228 e. The van der Waals surface area contributed by atoms with Crippen LogP contribution in [0.5, 0.6) is 0 Å². The van der Waals surface area contributed by atoms with E-state index in [1.54, 1.807) is 6.20 Å². The first kappa shape index (κ1) is 13.6. The molecule has 1 fully saturated rings. The van der Waals surface area contributed by atoms with Gasteiger partial charge in [0.15, 0.2) is 0 Å². The summed E-state index contributed by atoms with van der Waals surface area (Å²) in [7, 11) is 0. The van der Waals surface area contributed by atoms with Crippen molar-refractivity contribution in [1.29, 1.82) is 0 Å². The molecule has 1 heterocycles. The van der Waals surface area contributed by atoms with E-state index in [0.29, 0.717) is 5.82 Å². The Labute approximate surface area is 124 Å². The van der Waals surface area contributed by atoms with Crippen molar-refractivity contribution >= 4 is 23.1 Å². The van der Waals surface area contributed by atoms with Gasteiger partial charge in [0.2, 0.25) is 5.91 Å². The van der Waals surface area contributed by atoms with E-state index in [4.69, 9.17) is 0 Å². The number of anilines is 3. The van der Waals surface area contributed by atoms with Crippen molar-refractivity contribution in [3.8, 4) is 0 Å². The molecule has 0 radical (unpaired) electrons. The van der Waals surface area contributed by atoms with E-state index in [2.05, 4.69) is 41.6 Å². The van der Waals surface area contributed by atoms with Crippen LogP contribution in [0.1, 0.15) is 24.0 Å². The van der Waals surface area contributed by atoms with Crippen LogP contribution >= 0.6 is 0 Å². The minimum Gasteiger partial charge on any atom is -0.354 e. The number of carbonyl (C=O) groups is 1. The molecule has 0 bridgehead atoms. The number of hydrogen-bond acceptors (Lipinski definition) is 3. The minimum atomic E-state index is 0.0814. The van der Waals surface area contributed by atoms with Crippen LogP contribution < -0.4 is 10.6 Å². The molecule has 1 amide bonds. The molecule has 0 unspecified atom stereocenters. The number of aromatic nitrogens is 1. The number of pyridine rings is 1. The average Bonchev–Trinajstić information content (AvgIpc) is 3.29. The molecule has 1 saturated carbocycles. The summed E-state index contributed by atoms with van der Waals surface area (Å²) in [5.41, 5.74) is 4.41. The second-order valence-electron chi connectivity index (χ2n) is 5.59. The molecule has 0 atom stereocenters. The highest BCUT2D eigenvalue weighted by Gasteiger charge is 2.29. The normalized spacial score (nSPS) is 13.8.